The molecule has 1 rings (SSSR count). The largest absolute Gasteiger partial charge is 0.282 e. The number of hydroxylamine groups is 2. The lowest BCUT2D eigenvalue weighted by molar-refractivity contribution is -0.285. The maximum absolute atomic E-state index is 12.1. The molecule has 0 aromatic heterocycles. The van der Waals surface area contributed by atoms with E-state index in [1.807, 2.05) is 27.7 Å². The highest BCUT2D eigenvalue weighted by atomic mass is 32.2. The molecule has 3 nitrogen and oxygen atoms in total. The fraction of sp³-hybridized carbons (Fsp3) is 0.750. The molecule has 1 fully saturated rings. The molecular weight excluding hydrogens is 222 g/mol. The fourth-order valence-electron chi connectivity index (χ4n) is 2.47. The van der Waals surface area contributed by atoms with Crippen LogP contribution in [0.5, 0.6) is 0 Å². The van der Waals surface area contributed by atoms with Crippen LogP contribution in [0.4, 0.5) is 0 Å². The summed E-state index contributed by atoms with van der Waals surface area (Å²) in [5.41, 5.74) is -0.804. The highest BCUT2D eigenvalue weighted by Gasteiger charge is 2.46. The van der Waals surface area contributed by atoms with Crippen molar-refractivity contribution in [3.8, 4) is 0 Å². The van der Waals surface area contributed by atoms with Crippen molar-refractivity contribution >= 4 is 16.9 Å². The maximum atomic E-state index is 12.1. The lowest BCUT2D eigenvalue weighted by Gasteiger charge is -2.49. The van der Waals surface area contributed by atoms with E-state index < -0.39 is 11.1 Å². The van der Waals surface area contributed by atoms with Crippen molar-refractivity contribution in [1.29, 1.82) is 0 Å². The van der Waals surface area contributed by atoms with Gasteiger partial charge in [-0.05, 0) is 46.6 Å². The molecule has 0 aromatic rings. The van der Waals surface area contributed by atoms with Crippen LogP contribution in [-0.2, 0) is 10.0 Å². The third kappa shape index (κ3) is 2.87. The van der Waals surface area contributed by atoms with Gasteiger partial charge in [0.25, 0.3) is 0 Å². The van der Waals surface area contributed by atoms with Crippen LogP contribution in [0.2, 0.25) is 0 Å². The second kappa shape index (κ2) is 4.51. The minimum Gasteiger partial charge on any atom is -0.282 e. The van der Waals surface area contributed by atoms with E-state index in [-0.39, 0.29) is 10.4 Å². The third-order valence-corrected chi connectivity index (χ3v) is 4.07. The number of thioether (sulfide) groups is 1. The first-order chi connectivity index (χ1) is 7.19. The van der Waals surface area contributed by atoms with Crippen LogP contribution in [0.15, 0.2) is 12.7 Å². The van der Waals surface area contributed by atoms with Gasteiger partial charge in [0.1, 0.15) is 0 Å². The van der Waals surface area contributed by atoms with Crippen LogP contribution in [-0.4, -0.2) is 26.5 Å². The van der Waals surface area contributed by atoms with Crippen molar-refractivity contribution in [1.82, 2.24) is 5.06 Å². The Balaban J connectivity index is 2.78. The summed E-state index contributed by atoms with van der Waals surface area (Å²) in [6.07, 6.45) is 2.82. The van der Waals surface area contributed by atoms with E-state index in [9.17, 15) is 10.0 Å². The van der Waals surface area contributed by atoms with E-state index in [1.165, 1.54) is 22.9 Å². The molecule has 0 aliphatic carbocycles. The first kappa shape index (κ1) is 13.7. The van der Waals surface area contributed by atoms with E-state index in [0.29, 0.717) is 0 Å². The van der Waals surface area contributed by atoms with Crippen LogP contribution in [0.25, 0.3) is 0 Å². The first-order valence-electron chi connectivity index (χ1n) is 5.49. The molecule has 0 amide bonds. The summed E-state index contributed by atoms with van der Waals surface area (Å²) in [5.74, 6) is 0. The smallest absolute Gasteiger partial charge is 0.211 e. The van der Waals surface area contributed by atoms with Gasteiger partial charge in [0.15, 0.2) is 0 Å². The summed E-state index contributed by atoms with van der Waals surface area (Å²) in [4.78, 5) is 11.3. The van der Waals surface area contributed by atoms with Gasteiger partial charge < -0.3 is 0 Å². The quantitative estimate of drug-likeness (QED) is 0.699. The topological polar surface area (TPSA) is 40.2 Å². The lowest BCUT2D eigenvalue weighted by atomic mass is 9.82. The second-order valence-electron chi connectivity index (χ2n) is 5.59. The summed E-state index contributed by atoms with van der Waals surface area (Å²) >= 11 is 1.30. The molecule has 0 N–H and O–H groups in total. The number of nitrogens with zero attached hydrogens (tertiary/aromatic N) is 1. The Labute approximate surface area is 102 Å². The van der Waals surface area contributed by atoms with E-state index in [2.05, 4.69) is 6.58 Å². The zero-order valence-corrected chi connectivity index (χ0v) is 11.3. The van der Waals surface area contributed by atoms with Gasteiger partial charge in [0.2, 0.25) is 5.12 Å². The van der Waals surface area contributed by atoms with Gasteiger partial charge in [0, 0.05) is 16.3 Å². The van der Waals surface area contributed by atoms with Crippen LogP contribution in [0.3, 0.4) is 0 Å². The van der Waals surface area contributed by atoms with Gasteiger partial charge in [-0.1, -0.05) is 18.3 Å². The van der Waals surface area contributed by atoms with Gasteiger partial charge in [-0.3, -0.25) is 4.79 Å². The SMILES string of the molecule is C=CC(=O)SC1CC(C)(C)N([O])C(C)(C)C1. The molecule has 0 aromatic carbocycles. The molecule has 0 saturated carbocycles. The Morgan fingerprint density at radius 1 is 1.31 bits per heavy atom. The van der Waals surface area contributed by atoms with Gasteiger partial charge in [0.05, 0.1) is 0 Å². The Bertz CT molecular complexity index is 281. The summed E-state index contributed by atoms with van der Waals surface area (Å²) in [7, 11) is 0. The number of hydrogen-bond donors (Lipinski definition) is 0. The normalized spacial score (nSPS) is 25.3. The van der Waals surface area contributed by atoms with Gasteiger partial charge in [-0.2, -0.15) is 0 Å². The van der Waals surface area contributed by atoms with Crippen molar-refractivity contribution in [2.24, 2.45) is 0 Å². The van der Waals surface area contributed by atoms with Crippen molar-refractivity contribution in [2.75, 3.05) is 0 Å². The maximum Gasteiger partial charge on any atom is 0.211 e. The molecule has 4 heteroatoms. The van der Waals surface area contributed by atoms with E-state index in [0.717, 1.165) is 12.8 Å². The van der Waals surface area contributed by atoms with Crippen LogP contribution in [0, 0.1) is 0 Å². The number of rotatable bonds is 2. The van der Waals surface area contributed by atoms with Crippen molar-refractivity contribution < 1.29 is 10.0 Å². The highest BCUT2D eigenvalue weighted by Crippen LogP contribution is 2.41. The molecule has 1 aliphatic rings. The summed E-state index contributed by atoms with van der Waals surface area (Å²) < 4.78 is 0. The second-order valence-corrected chi connectivity index (χ2v) is 6.90. The molecule has 1 heterocycles. The summed E-state index contributed by atoms with van der Waals surface area (Å²) in [6, 6.07) is 0. The molecule has 1 saturated heterocycles. The first-order valence-corrected chi connectivity index (χ1v) is 6.37. The van der Waals surface area contributed by atoms with Crippen molar-refractivity contribution in [3.63, 3.8) is 0 Å². The molecule has 0 unspecified atom stereocenters. The van der Waals surface area contributed by atoms with E-state index in [4.69, 9.17) is 0 Å². The molecule has 91 valence electrons. The summed E-state index contributed by atoms with van der Waals surface area (Å²) in [5, 5.41) is 13.5. The molecule has 16 heavy (non-hydrogen) atoms. The molecule has 0 bridgehead atoms. The minimum atomic E-state index is -0.402. The molecule has 0 spiro atoms. The Morgan fingerprint density at radius 2 is 1.75 bits per heavy atom. The zero-order valence-electron chi connectivity index (χ0n) is 10.4. The van der Waals surface area contributed by atoms with Crippen LogP contribution in [0.1, 0.15) is 40.5 Å². The van der Waals surface area contributed by atoms with Gasteiger partial charge in [-0.25, -0.2) is 0 Å². The predicted molar refractivity (Wildman–Crippen MR) is 66.5 cm³/mol. The average molecular weight is 242 g/mol. The standard InChI is InChI=1S/C12H20NO2S/c1-6-10(14)16-9-7-11(2,3)13(15)12(4,5)8-9/h6,9H,1,7-8H2,2-5H3. The fourth-order valence-corrected chi connectivity index (χ4v) is 3.87. The van der Waals surface area contributed by atoms with Gasteiger partial charge >= 0.3 is 0 Å². The molecule has 1 aliphatic heterocycles. The minimum absolute atomic E-state index is 0.00375. The molecular formula is C12H20NO2S. The molecule has 0 atom stereocenters. The number of carbonyl (C=O) groups excluding carboxylic acids is 1. The Morgan fingerprint density at radius 3 is 2.12 bits per heavy atom. The molecule has 1 radical (unpaired) electrons. The third-order valence-electron chi connectivity index (χ3n) is 3.00. The van der Waals surface area contributed by atoms with Crippen LogP contribution >= 0.6 is 11.8 Å². The monoisotopic (exact) mass is 242 g/mol. The predicted octanol–water partition coefficient (Wildman–Crippen LogP) is 2.80. The lowest BCUT2D eigenvalue weighted by Crippen LogP contribution is -2.59. The van der Waals surface area contributed by atoms with E-state index in [1.54, 1.807) is 0 Å². The summed E-state index contributed by atoms with van der Waals surface area (Å²) in [6.45, 7) is 11.2. The van der Waals surface area contributed by atoms with Crippen molar-refractivity contribution in [3.05, 3.63) is 12.7 Å². The van der Waals surface area contributed by atoms with Crippen molar-refractivity contribution in [2.45, 2.75) is 56.9 Å². The Kier molecular flexibility index (Phi) is 3.87. The van der Waals surface area contributed by atoms with E-state index >= 15 is 0 Å². The number of hydrogen-bond acceptors (Lipinski definition) is 3. The zero-order chi connectivity index (χ0) is 12.6. The Hall–Kier alpha value is -0.320. The average Bonchev–Trinajstić information content (AvgIpc) is 2.13. The number of piperidine rings is 1. The number of carbonyl (C=O) groups is 1. The highest BCUT2D eigenvalue weighted by molar-refractivity contribution is 8.14. The van der Waals surface area contributed by atoms with Crippen LogP contribution < -0.4 is 0 Å². The van der Waals surface area contributed by atoms with Gasteiger partial charge in [-0.15, -0.1) is 10.3 Å².